The van der Waals surface area contributed by atoms with Gasteiger partial charge in [0.05, 0.1) is 0 Å². The molecule has 0 radical (unpaired) electrons. The SMILES string of the molecule is Cc1ccc(C(C)C)c(OCC(=O)NNC(=O)C2CCCCC2)c1. The fraction of sp³-hybridized carbons (Fsp3) is 0.579. The summed E-state index contributed by atoms with van der Waals surface area (Å²) in [6.07, 6.45) is 5.16. The van der Waals surface area contributed by atoms with Crippen LogP contribution in [0.1, 0.15) is 63.0 Å². The molecule has 5 nitrogen and oxygen atoms in total. The second-order valence-electron chi connectivity index (χ2n) is 6.86. The monoisotopic (exact) mass is 332 g/mol. The van der Waals surface area contributed by atoms with E-state index in [9.17, 15) is 9.59 Å². The molecule has 5 heteroatoms. The van der Waals surface area contributed by atoms with Crippen molar-refractivity contribution in [2.75, 3.05) is 6.61 Å². The summed E-state index contributed by atoms with van der Waals surface area (Å²) in [5.74, 6) is 0.606. The van der Waals surface area contributed by atoms with E-state index < -0.39 is 0 Å². The normalized spacial score (nSPS) is 15.2. The Balaban J connectivity index is 1.81. The van der Waals surface area contributed by atoms with Crippen molar-refractivity contribution in [3.63, 3.8) is 0 Å². The minimum atomic E-state index is -0.352. The number of amides is 2. The molecular formula is C19H28N2O3. The molecule has 0 aliphatic heterocycles. The van der Waals surface area contributed by atoms with Crippen LogP contribution in [0.15, 0.2) is 18.2 Å². The molecule has 0 bridgehead atoms. The molecule has 0 heterocycles. The number of aryl methyl sites for hydroxylation is 1. The molecule has 1 aliphatic rings. The fourth-order valence-electron chi connectivity index (χ4n) is 3.02. The summed E-state index contributed by atoms with van der Waals surface area (Å²) in [6.45, 7) is 6.04. The average Bonchev–Trinajstić information content (AvgIpc) is 2.58. The van der Waals surface area contributed by atoms with E-state index in [1.54, 1.807) is 0 Å². The predicted molar refractivity (Wildman–Crippen MR) is 93.6 cm³/mol. The number of hydrazine groups is 1. The number of rotatable bonds is 5. The highest BCUT2D eigenvalue weighted by Gasteiger charge is 2.21. The van der Waals surface area contributed by atoms with Crippen LogP contribution < -0.4 is 15.6 Å². The highest BCUT2D eigenvalue weighted by Crippen LogP contribution is 2.27. The van der Waals surface area contributed by atoms with Crippen LogP contribution in [-0.4, -0.2) is 18.4 Å². The first-order valence-electron chi connectivity index (χ1n) is 8.79. The second kappa shape index (κ2) is 8.71. The summed E-state index contributed by atoms with van der Waals surface area (Å²) in [6, 6.07) is 5.99. The first kappa shape index (κ1) is 18.3. The highest BCUT2D eigenvalue weighted by atomic mass is 16.5. The Morgan fingerprint density at radius 1 is 1.17 bits per heavy atom. The second-order valence-corrected chi connectivity index (χ2v) is 6.86. The van der Waals surface area contributed by atoms with Crippen LogP contribution in [0.3, 0.4) is 0 Å². The summed E-state index contributed by atoms with van der Waals surface area (Å²) < 4.78 is 5.66. The Morgan fingerprint density at radius 2 is 1.88 bits per heavy atom. The van der Waals surface area contributed by atoms with Gasteiger partial charge >= 0.3 is 0 Å². The van der Waals surface area contributed by atoms with E-state index in [2.05, 4.69) is 24.7 Å². The van der Waals surface area contributed by atoms with Crippen molar-refractivity contribution in [1.29, 1.82) is 0 Å². The van der Waals surface area contributed by atoms with Gasteiger partial charge in [-0.25, -0.2) is 0 Å². The molecule has 2 rings (SSSR count). The maximum atomic E-state index is 12.0. The molecule has 1 aliphatic carbocycles. The summed E-state index contributed by atoms with van der Waals surface area (Å²) in [5.41, 5.74) is 7.12. The number of carbonyl (C=O) groups excluding carboxylic acids is 2. The Labute approximate surface area is 144 Å². The smallest absolute Gasteiger partial charge is 0.276 e. The molecule has 132 valence electrons. The van der Waals surface area contributed by atoms with Gasteiger partial charge in [0, 0.05) is 5.92 Å². The van der Waals surface area contributed by atoms with Crippen molar-refractivity contribution in [3.05, 3.63) is 29.3 Å². The minimum absolute atomic E-state index is 0.0179. The first-order chi connectivity index (χ1) is 11.5. The zero-order valence-electron chi connectivity index (χ0n) is 14.9. The molecule has 1 aromatic carbocycles. The van der Waals surface area contributed by atoms with Gasteiger partial charge in [-0.15, -0.1) is 0 Å². The molecule has 2 N–H and O–H groups in total. The van der Waals surface area contributed by atoms with Crippen LogP contribution in [-0.2, 0) is 9.59 Å². The van der Waals surface area contributed by atoms with Crippen LogP contribution in [0.25, 0.3) is 0 Å². The predicted octanol–water partition coefficient (Wildman–Crippen LogP) is 3.22. The van der Waals surface area contributed by atoms with Gasteiger partial charge in [-0.3, -0.25) is 20.4 Å². The molecule has 1 saturated carbocycles. The van der Waals surface area contributed by atoms with E-state index in [4.69, 9.17) is 4.74 Å². The van der Waals surface area contributed by atoms with Gasteiger partial charge in [-0.1, -0.05) is 45.2 Å². The quantitative estimate of drug-likeness (QED) is 0.814. The number of hydrogen-bond acceptors (Lipinski definition) is 3. The summed E-state index contributed by atoms with van der Waals surface area (Å²) in [7, 11) is 0. The van der Waals surface area contributed by atoms with Gasteiger partial charge in [0.15, 0.2) is 6.61 Å². The third-order valence-electron chi connectivity index (χ3n) is 4.45. The number of benzene rings is 1. The van der Waals surface area contributed by atoms with Crippen molar-refractivity contribution in [3.8, 4) is 5.75 Å². The zero-order chi connectivity index (χ0) is 17.5. The maximum absolute atomic E-state index is 12.0. The summed E-state index contributed by atoms with van der Waals surface area (Å²) in [5, 5.41) is 0. The van der Waals surface area contributed by atoms with Crippen LogP contribution in [0.5, 0.6) is 5.75 Å². The highest BCUT2D eigenvalue weighted by molar-refractivity contribution is 5.84. The van der Waals surface area contributed by atoms with Gasteiger partial charge in [-0.2, -0.15) is 0 Å². The van der Waals surface area contributed by atoms with E-state index in [1.807, 2.05) is 25.1 Å². The van der Waals surface area contributed by atoms with Gasteiger partial charge < -0.3 is 4.74 Å². The van der Waals surface area contributed by atoms with Gasteiger partial charge in [0.25, 0.3) is 5.91 Å². The van der Waals surface area contributed by atoms with Gasteiger partial charge in [-0.05, 0) is 42.9 Å². The molecule has 0 atom stereocenters. The van der Waals surface area contributed by atoms with E-state index in [0.717, 1.165) is 42.6 Å². The number of nitrogens with one attached hydrogen (secondary N) is 2. The Morgan fingerprint density at radius 3 is 2.54 bits per heavy atom. The van der Waals surface area contributed by atoms with Gasteiger partial charge in [0.2, 0.25) is 5.91 Å². The first-order valence-corrected chi connectivity index (χ1v) is 8.79. The van der Waals surface area contributed by atoms with Crippen molar-refractivity contribution in [2.24, 2.45) is 5.92 Å². The molecular weight excluding hydrogens is 304 g/mol. The lowest BCUT2D eigenvalue weighted by Crippen LogP contribution is -2.46. The van der Waals surface area contributed by atoms with Crippen molar-refractivity contribution in [1.82, 2.24) is 10.9 Å². The number of carbonyl (C=O) groups is 2. The lowest BCUT2D eigenvalue weighted by atomic mass is 9.89. The van der Waals surface area contributed by atoms with Crippen LogP contribution in [0.4, 0.5) is 0 Å². The molecule has 24 heavy (non-hydrogen) atoms. The van der Waals surface area contributed by atoms with Crippen molar-refractivity contribution in [2.45, 2.75) is 58.8 Å². The summed E-state index contributed by atoms with van der Waals surface area (Å²) in [4.78, 5) is 23.9. The van der Waals surface area contributed by atoms with Crippen molar-refractivity contribution >= 4 is 11.8 Å². The Kier molecular flexibility index (Phi) is 6.64. The van der Waals surface area contributed by atoms with E-state index in [1.165, 1.54) is 6.42 Å². The van der Waals surface area contributed by atoms with E-state index in [0.29, 0.717) is 5.92 Å². The van der Waals surface area contributed by atoms with Crippen molar-refractivity contribution < 1.29 is 14.3 Å². The molecule has 2 amide bonds. The topological polar surface area (TPSA) is 67.4 Å². The molecule has 0 saturated heterocycles. The lowest BCUT2D eigenvalue weighted by molar-refractivity contribution is -0.132. The van der Waals surface area contributed by atoms with Crippen LogP contribution >= 0.6 is 0 Å². The third-order valence-corrected chi connectivity index (χ3v) is 4.45. The Hall–Kier alpha value is -2.04. The lowest BCUT2D eigenvalue weighted by Gasteiger charge is -2.21. The fourth-order valence-corrected chi connectivity index (χ4v) is 3.02. The van der Waals surface area contributed by atoms with Crippen LogP contribution in [0, 0.1) is 12.8 Å². The number of hydrogen-bond donors (Lipinski definition) is 2. The standard InChI is InChI=1S/C19H28N2O3/c1-13(2)16-10-9-14(3)11-17(16)24-12-18(22)20-21-19(23)15-7-5-4-6-8-15/h9-11,13,15H,4-8,12H2,1-3H3,(H,20,22)(H,21,23). The Bertz CT molecular complexity index is 578. The minimum Gasteiger partial charge on any atom is -0.483 e. The van der Waals surface area contributed by atoms with Crippen LogP contribution in [0.2, 0.25) is 0 Å². The molecule has 0 unspecified atom stereocenters. The maximum Gasteiger partial charge on any atom is 0.276 e. The van der Waals surface area contributed by atoms with Gasteiger partial charge in [0.1, 0.15) is 5.75 Å². The largest absolute Gasteiger partial charge is 0.483 e. The molecule has 1 aromatic rings. The molecule has 1 fully saturated rings. The average molecular weight is 332 g/mol. The third kappa shape index (κ3) is 5.25. The summed E-state index contributed by atoms with van der Waals surface area (Å²) >= 11 is 0. The van der Waals surface area contributed by atoms with E-state index in [-0.39, 0.29) is 24.3 Å². The molecule has 0 spiro atoms. The molecule has 0 aromatic heterocycles. The number of ether oxygens (including phenoxy) is 1. The van der Waals surface area contributed by atoms with E-state index >= 15 is 0 Å². The zero-order valence-corrected chi connectivity index (χ0v) is 14.9.